The Morgan fingerprint density at radius 2 is 1.50 bits per heavy atom. The van der Waals surface area contributed by atoms with Crippen LogP contribution in [0.3, 0.4) is 0 Å². The number of halogens is 1. The third-order valence-corrected chi connectivity index (χ3v) is 5.02. The Balaban J connectivity index is 1.74. The quantitative estimate of drug-likeness (QED) is 0.433. The topological polar surface area (TPSA) is 79.7 Å². The highest BCUT2D eigenvalue weighted by Crippen LogP contribution is 2.38. The van der Waals surface area contributed by atoms with Crippen molar-refractivity contribution in [3.63, 3.8) is 0 Å². The number of rotatable bonds is 3. The highest BCUT2D eigenvalue weighted by molar-refractivity contribution is 9.10. The summed E-state index contributed by atoms with van der Waals surface area (Å²) in [5.41, 5.74) is 5.26. The average molecular weight is 409 g/mol. The van der Waals surface area contributed by atoms with Gasteiger partial charge in [-0.2, -0.15) is 0 Å². The summed E-state index contributed by atoms with van der Waals surface area (Å²) >= 11 is 3.53. The Kier molecular flexibility index (Phi) is 3.36. The van der Waals surface area contributed by atoms with Gasteiger partial charge in [-0.05, 0) is 46.7 Å². The molecule has 2 N–H and O–H groups in total. The third-order valence-electron chi connectivity index (χ3n) is 4.53. The first-order valence-corrected chi connectivity index (χ1v) is 8.79. The summed E-state index contributed by atoms with van der Waals surface area (Å²) in [6.07, 6.45) is 3.84. The first-order chi connectivity index (χ1) is 12.7. The lowest BCUT2D eigenvalue weighted by molar-refractivity contribution is 0.310. The number of fused-ring (bicyclic) bond motifs is 2. The van der Waals surface area contributed by atoms with Crippen molar-refractivity contribution in [2.45, 2.75) is 0 Å². The molecule has 3 aromatic heterocycles. The summed E-state index contributed by atoms with van der Waals surface area (Å²) in [5, 5.41) is 10.4. The Bertz CT molecular complexity index is 1250. The molecular weight excluding hydrogens is 396 g/mol. The van der Waals surface area contributed by atoms with Crippen LogP contribution in [-0.2, 0) is 0 Å². The molecule has 0 aliphatic carbocycles. The molecule has 2 aromatic carbocycles. The molecule has 0 bridgehead atoms. The molecule has 0 atom stereocenters. The van der Waals surface area contributed by atoms with Crippen LogP contribution in [0, 0.1) is 0 Å². The summed E-state index contributed by atoms with van der Waals surface area (Å²) in [6.45, 7) is 0. The molecule has 26 heavy (non-hydrogen) atoms. The van der Waals surface area contributed by atoms with Gasteiger partial charge < -0.3 is 14.7 Å². The van der Waals surface area contributed by atoms with Crippen molar-refractivity contribution in [2.24, 2.45) is 0 Å². The fourth-order valence-electron chi connectivity index (χ4n) is 3.25. The van der Waals surface area contributed by atoms with Crippen LogP contribution in [-0.4, -0.2) is 27.4 Å². The maximum absolute atomic E-state index is 5.35. The van der Waals surface area contributed by atoms with Gasteiger partial charge in [-0.3, -0.25) is 0 Å². The number of H-pyrrole nitrogens is 2. The lowest BCUT2D eigenvalue weighted by atomic mass is 10.0. The minimum absolute atomic E-state index is 0.686. The Labute approximate surface area is 156 Å². The van der Waals surface area contributed by atoms with Gasteiger partial charge in [0.2, 0.25) is 0 Å². The Hall–Kier alpha value is -3.06. The van der Waals surface area contributed by atoms with E-state index in [1.165, 1.54) is 0 Å². The zero-order chi connectivity index (χ0) is 17.7. The number of hydrogen-bond acceptors (Lipinski definition) is 4. The lowest BCUT2D eigenvalue weighted by Crippen LogP contribution is -1.84. The number of aromatic nitrogens is 4. The van der Waals surface area contributed by atoms with E-state index < -0.39 is 0 Å². The second kappa shape index (κ2) is 5.74. The monoisotopic (exact) mass is 408 g/mol. The molecule has 0 spiro atoms. The van der Waals surface area contributed by atoms with Crippen LogP contribution in [0.2, 0.25) is 0 Å². The van der Waals surface area contributed by atoms with Crippen LogP contribution < -0.4 is 4.74 Å². The fourth-order valence-corrected chi connectivity index (χ4v) is 3.61. The van der Waals surface area contributed by atoms with Gasteiger partial charge in [-0.1, -0.05) is 15.9 Å². The van der Waals surface area contributed by atoms with E-state index in [2.05, 4.69) is 42.3 Å². The molecule has 6 nitrogen and oxygen atoms in total. The first kappa shape index (κ1) is 15.2. The molecule has 5 rings (SSSR count). The lowest BCUT2D eigenvalue weighted by Gasteiger charge is -2.01. The van der Waals surface area contributed by atoms with Crippen LogP contribution >= 0.6 is 15.9 Å². The molecule has 0 saturated heterocycles. The van der Waals surface area contributed by atoms with Crippen molar-refractivity contribution in [1.29, 1.82) is 0 Å². The van der Waals surface area contributed by atoms with Crippen molar-refractivity contribution in [3.05, 3.63) is 53.3 Å². The number of benzene rings is 2. The van der Waals surface area contributed by atoms with Crippen molar-refractivity contribution in [1.82, 2.24) is 20.3 Å². The highest BCUT2D eigenvalue weighted by atomic mass is 79.9. The van der Waals surface area contributed by atoms with Crippen LogP contribution in [0.5, 0.6) is 5.75 Å². The van der Waals surface area contributed by atoms with Crippen LogP contribution in [0.15, 0.2) is 57.9 Å². The predicted molar refractivity (Wildman–Crippen MR) is 103 cm³/mol. The molecule has 0 fully saturated rings. The molecule has 128 valence electrons. The minimum Gasteiger partial charge on any atom is -0.497 e. The average Bonchev–Trinajstić information content (AvgIpc) is 3.37. The minimum atomic E-state index is 0.686. The van der Waals surface area contributed by atoms with E-state index in [0.29, 0.717) is 11.4 Å². The second-order valence-electron chi connectivity index (χ2n) is 5.97. The Morgan fingerprint density at radius 1 is 0.885 bits per heavy atom. The fraction of sp³-hybridized carbons (Fsp3) is 0.0526. The van der Waals surface area contributed by atoms with E-state index >= 15 is 0 Å². The molecule has 0 radical (unpaired) electrons. The maximum atomic E-state index is 5.35. The van der Waals surface area contributed by atoms with E-state index in [-0.39, 0.29) is 0 Å². The number of nitrogens with one attached hydrogen (secondary N) is 2. The zero-order valence-electron chi connectivity index (χ0n) is 13.7. The van der Waals surface area contributed by atoms with E-state index in [1.54, 1.807) is 7.11 Å². The van der Waals surface area contributed by atoms with E-state index in [4.69, 9.17) is 9.37 Å². The van der Waals surface area contributed by atoms with Gasteiger partial charge in [0.1, 0.15) is 17.1 Å². The van der Waals surface area contributed by atoms with E-state index in [1.807, 2.05) is 42.7 Å². The predicted octanol–water partition coefficient (Wildman–Crippen LogP) is 5.14. The molecule has 7 heteroatoms. The molecule has 0 unspecified atom stereocenters. The number of nitrogens with zero attached hydrogens (tertiary/aromatic N) is 2. The number of aromatic amines is 2. The number of hydrogen-bond donors (Lipinski definition) is 2. The SMILES string of the molecule is COc1ccc2[nH]cc(-c3nonc3-c3c[nH]c4ccc(Br)cc34)c2c1. The van der Waals surface area contributed by atoms with Crippen molar-refractivity contribution >= 4 is 37.7 Å². The second-order valence-corrected chi connectivity index (χ2v) is 6.88. The summed E-state index contributed by atoms with van der Waals surface area (Å²) < 4.78 is 11.5. The summed E-state index contributed by atoms with van der Waals surface area (Å²) in [4.78, 5) is 6.54. The van der Waals surface area contributed by atoms with Gasteiger partial charge in [0.25, 0.3) is 0 Å². The van der Waals surface area contributed by atoms with Gasteiger partial charge in [0, 0.05) is 49.8 Å². The largest absolute Gasteiger partial charge is 0.497 e. The highest BCUT2D eigenvalue weighted by Gasteiger charge is 2.20. The zero-order valence-corrected chi connectivity index (χ0v) is 15.3. The van der Waals surface area contributed by atoms with Gasteiger partial charge >= 0.3 is 0 Å². The van der Waals surface area contributed by atoms with Gasteiger partial charge in [-0.15, -0.1) is 0 Å². The van der Waals surface area contributed by atoms with E-state index in [9.17, 15) is 0 Å². The van der Waals surface area contributed by atoms with Gasteiger partial charge in [-0.25, -0.2) is 4.63 Å². The molecule has 0 aliphatic heterocycles. The normalized spacial score (nSPS) is 11.5. The smallest absolute Gasteiger partial charge is 0.145 e. The third kappa shape index (κ3) is 2.24. The van der Waals surface area contributed by atoms with Gasteiger partial charge in [0.15, 0.2) is 0 Å². The summed E-state index contributed by atoms with van der Waals surface area (Å²) in [6, 6.07) is 11.9. The molecule has 0 amide bonds. The van der Waals surface area contributed by atoms with Crippen molar-refractivity contribution in [2.75, 3.05) is 7.11 Å². The first-order valence-electron chi connectivity index (χ1n) is 7.99. The number of ether oxygens (including phenoxy) is 1. The van der Waals surface area contributed by atoms with Crippen molar-refractivity contribution in [3.8, 4) is 28.3 Å². The van der Waals surface area contributed by atoms with Gasteiger partial charge in [0.05, 0.1) is 7.11 Å². The maximum Gasteiger partial charge on any atom is 0.145 e. The molecule has 0 aliphatic rings. The van der Waals surface area contributed by atoms with Crippen LogP contribution in [0.4, 0.5) is 0 Å². The molecule has 5 aromatic rings. The Morgan fingerprint density at radius 3 is 2.15 bits per heavy atom. The summed E-state index contributed by atoms with van der Waals surface area (Å²) in [7, 11) is 1.65. The standard InChI is InChI=1S/C19H13BrN4O2/c1-25-11-3-5-17-13(7-11)15(9-22-17)19-18(23-26-24-19)14-8-21-16-4-2-10(20)6-12(14)16/h2-9,21-22H,1H3. The molecule has 0 saturated carbocycles. The van der Waals surface area contributed by atoms with Crippen LogP contribution in [0.25, 0.3) is 44.3 Å². The molecule has 3 heterocycles. The summed E-state index contributed by atoms with van der Waals surface area (Å²) in [5.74, 6) is 0.785. The van der Waals surface area contributed by atoms with E-state index in [0.717, 1.165) is 43.2 Å². The van der Waals surface area contributed by atoms with Crippen LogP contribution in [0.1, 0.15) is 0 Å². The van der Waals surface area contributed by atoms with Crippen molar-refractivity contribution < 1.29 is 9.37 Å². The molecular formula is C19H13BrN4O2. The number of methoxy groups -OCH3 is 1.